The van der Waals surface area contributed by atoms with Crippen LogP contribution < -0.4 is 0 Å². The Bertz CT molecular complexity index is 282. The standard InChI is InChI=1S/C10H15NO3/c1-8(10(12)13)5-11(2)6-9-3-4-14-7-9/h3-4,7-8H,5-6H2,1-2H3,(H,12,13). The molecule has 0 spiro atoms. The van der Waals surface area contributed by atoms with Crippen LogP contribution in [0.2, 0.25) is 0 Å². The lowest BCUT2D eigenvalue weighted by molar-refractivity contribution is -0.141. The van der Waals surface area contributed by atoms with Gasteiger partial charge in [0.1, 0.15) is 0 Å². The van der Waals surface area contributed by atoms with E-state index in [-0.39, 0.29) is 5.92 Å². The van der Waals surface area contributed by atoms with E-state index in [0.29, 0.717) is 13.1 Å². The lowest BCUT2D eigenvalue weighted by atomic mass is 10.1. The third kappa shape index (κ3) is 3.22. The third-order valence-electron chi connectivity index (χ3n) is 2.04. The van der Waals surface area contributed by atoms with Crippen molar-refractivity contribution in [2.24, 2.45) is 5.92 Å². The van der Waals surface area contributed by atoms with Gasteiger partial charge in [0.2, 0.25) is 0 Å². The zero-order valence-electron chi connectivity index (χ0n) is 8.43. The maximum Gasteiger partial charge on any atom is 0.307 e. The van der Waals surface area contributed by atoms with Gasteiger partial charge in [0.05, 0.1) is 18.4 Å². The van der Waals surface area contributed by atoms with E-state index in [1.54, 1.807) is 19.5 Å². The molecule has 1 atom stereocenters. The molecule has 0 saturated heterocycles. The summed E-state index contributed by atoms with van der Waals surface area (Å²) >= 11 is 0. The second kappa shape index (κ2) is 4.81. The fourth-order valence-electron chi connectivity index (χ4n) is 1.30. The van der Waals surface area contributed by atoms with Crippen molar-refractivity contribution in [1.29, 1.82) is 0 Å². The van der Waals surface area contributed by atoms with E-state index >= 15 is 0 Å². The number of furan rings is 1. The molecule has 1 N–H and O–H groups in total. The number of carbonyl (C=O) groups is 1. The van der Waals surface area contributed by atoms with Crippen molar-refractivity contribution in [3.05, 3.63) is 24.2 Å². The molecule has 78 valence electrons. The summed E-state index contributed by atoms with van der Waals surface area (Å²) in [6.07, 6.45) is 3.28. The average Bonchev–Trinajstić information content (AvgIpc) is 2.56. The van der Waals surface area contributed by atoms with Gasteiger partial charge in [-0.2, -0.15) is 0 Å². The van der Waals surface area contributed by atoms with Crippen LogP contribution in [-0.4, -0.2) is 29.6 Å². The summed E-state index contributed by atoms with van der Waals surface area (Å²) in [5.41, 5.74) is 1.06. The number of carboxylic acids is 1. The van der Waals surface area contributed by atoms with Crippen molar-refractivity contribution in [2.75, 3.05) is 13.6 Å². The van der Waals surface area contributed by atoms with Crippen LogP contribution in [0, 0.1) is 5.92 Å². The lowest BCUT2D eigenvalue weighted by Gasteiger charge is -2.17. The Morgan fingerprint density at radius 1 is 1.71 bits per heavy atom. The van der Waals surface area contributed by atoms with E-state index in [9.17, 15) is 4.79 Å². The quantitative estimate of drug-likeness (QED) is 0.775. The molecule has 0 saturated carbocycles. The van der Waals surface area contributed by atoms with Gasteiger partial charge >= 0.3 is 5.97 Å². The van der Waals surface area contributed by atoms with Crippen LogP contribution in [0.25, 0.3) is 0 Å². The first-order chi connectivity index (χ1) is 6.59. The Labute approximate surface area is 83.1 Å². The molecule has 1 heterocycles. The highest BCUT2D eigenvalue weighted by Gasteiger charge is 2.13. The molecule has 0 fully saturated rings. The minimum absolute atomic E-state index is 0.341. The summed E-state index contributed by atoms with van der Waals surface area (Å²) < 4.78 is 4.92. The minimum atomic E-state index is -0.760. The molecule has 1 rings (SSSR count). The lowest BCUT2D eigenvalue weighted by Crippen LogP contribution is -2.28. The first-order valence-corrected chi connectivity index (χ1v) is 4.52. The van der Waals surface area contributed by atoms with Crippen molar-refractivity contribution >= 4 is 5.97 Å². The molecule has 0 aliphatic heterocycles. The maximum atomic E-state index is 10.6. The molecule has 4 nitrogen and oxygen atoms in total. The summed E-state index contributed by atoms with van der Waals surface area (Å²) in [6, 6.07) is 1.88. The zero-order valence-corrected chi connectivity index (χ0v) is 8.43. The maximum absolute atomic E-state index is 10.6. The third-order valence-corrected chi connectivity index (χ3v) is 2.04. The van der Waals surface area contributed by atoms with Gasteiger partial charge in [0.15, 0.2) is 0 Å². The van der Waals surface area contributed by atoms with E-state index in [2.05, 4.69) is 0 Å². The van der Waals surface area contributed by atoms with Crippen LogP contribution in [-0.2, 0) is 11.3 Å². The molecular weight excluding hydrogens is 182 g/mol. The van der Waals surface area contributed by atoms with Crippen molar-refractivity contribution in [1.82, 2.24) is 4.90 Å². The zero-order chi connectivity index (χ0) is 10.6. The first-order valence-electron chi connectivity index (χ1n) is 4.52. The van der Waals surface area contributed by atoms with Gasteiger partial charge in [-0.1, -0.05) is 6.92 Å². The number of hydrogen-bond donors (Lipinski definition) is 1. The SMILES string of the molecule is CC(CN(C)Cc1ccoc1)C(=O)O. The predicted molar refractivity (Wildman–Crippen MR) is 51.8 cm³/mol. The van der Waals surface area contributed by atoms with Crippen LogP contribution in [0.4, 0.5) is 0 Å². The molecule has 0 amide bonds. The summed E-state index contributed by atoms with van der Waals surface area (Å²) in [7, 11) is 1.90. The van der Waals surface area contributed by atoms with Gasteiger partial charge in [0.25, 0.3) is 0 Å². The Morgan fingerprint density at radius 2 is 2.43 bits per heavy atom. The molecule has 1 aromatic heterocycles. The van der Waals surface area contributed by atoms with Crippen molar-refractivity contribution < 1.29 is 14.3 Å². The summed E-state index contributed by atoms with van der Waals surface area (Å²) in [6.45, 7) is 2.96. The molecule has 0 aliphatic rings. The van der Waals surface area contributed by atoms with Gasteiger partial charge in [-0.05, 0) is 13.1 Å². The number of hydrogen-bond acceptors (Lipinski definition) is 3. The van der Waals surface area contributed by atoms with Gasteiger partial charge in [-0.25, -0.2) is 0 Å². The van der Waals surface area contributed by atoms with Gasteiger partial charge in [0, 0.05) is 18.7 Å². The number of rotatable bonds is 5. The van der Waals surface area contributed by atoms with Crippen LogP contribution >= 0.6 is 0 Å². The van der Waals surface area contributed by atoms with Crippen LogP contribution in [0.5, 0.6) is 0 Å². The highest BCUT2D eigenvalue weighted by Crippen LogP contribution is 2.06. The van der Waals surface area contributed by atoms with E-state index in [0.717, 1.165) is 5.56 Å². The van der Waals surface area contributed by atoms with Crippen LogP contribution in [0.3, 0.4) is 0 Å². The second-order valence-electron chi connectivity index (χ2n) is 3.57. The van der Waals surface area contributed by atoms with E-state index < -0.39 is 5.97 Å². The molecule has 14 heavy (non-hydrogen) atoms. The number of carboxylic acid groups (broad SMARTS) is 1. The monoisotopic (exact) mass is 197 g/mol. The fourth-order valence-corrected chi connectivity index (χ4v) is 1.30. The van der Waals surface area contributed by atoms with Gasteiger partial charge < -0.3 is 14.4 Å². The van der Waals surface area contributed by atoms with Gasteiger partial charge in [-0.15, -0.1) is 0 Å². The molecule has 0 radical (unpaired) electrons. The van der Waals surface area contributed by atoms with Gasteiger partial charge in [-0.3, -0.25) is 4.79 Å². The van der Waals surface area contributed by atoms with Crippen LogP contribution in [0.15, 0.2) is 23.0 Å². The molecule has 0 aromatic carbocycles. The average molecular weight is 197 g/mol. The molecule has 1 aromatic rings. The smallest absolute Gasteiger partial charge is 0.307 e. The molecule has 1 unspecified atom stereocenters. The first kappa shape index (κ1) is 10.8. The van der Waals surface area contributed by atoms with E-state index in [4.69, 9.17) is 9.52 Å². The van der Waals surface area contributed by atoms with Crippen molar-refractivity contribution in [3.8, 4) is 0 Å². The Hall–Kier alpha value is -1.29. The minimum Gasteiger partial charge on any atom is -0.481 e. The molecule has 0 aliphatic carbocycles. The summed E-state index contributed by atoms with van der Waals surface area (Å²) in [4.78, 5) is 12.6. The predicted octanol–water partition coefficient (Wildman–Crippen LogP) is 1.43. The highest BCUT2D eigenvalue weighted by atomic mass is 16.4. The Kier molecular flexibility index (Phi) is 3.71. The second-order valence-corrected chi connectivity index (χ2v) is 3.57. The van der Waals surface area contributed by atoms with Crippen molar-refractivity contribution in [3.63, 3.8) is 0 Å². The number of nitrogens with zero attached hydrogens (tertiary/aromatic N) is 1. The van der Waals surface area contributed by atoms with Crippen molar-refractivity contribution in [2.45, 2.75) is 13.5 Å². The molecule has 0 bridgehead atoms. The fraction of sp³-hybridized carbons (Fsp3) is 0.500. The molecule has 4 heteroatoms. The highest BCUT2D eigenvalue weighted by molar-refractivity contribution is 5.69. The van der Waals surface area contributed by atoms with E-state index in [1.165, 1.54) is 0 Å². The largest absolute Gasteiger partial charge is 0.481 e. The summed E-state index contributed by atoms with van der Waals surface area (Å²) in [5.74, 6) is -1.10. The Balaban J connectivity index is 2.36. The molecular formula is C10H15NO3. The normalized spacial score (nSPS) is 13.1. The number of aliphatic carboxylic acids is 1. The summed E-state index contributed by atoms with van der Waals surface area (Å²) in [5, 5.41) is 8.71. The van der Waals surface area contributed by atoms with E-state index in [1.807, 2.05) is 18.0 Å². The topological polar surface area (TPSA) is 53.7 Å². The van der Waals surface area contributed by atoms with Crippen LogP contribution in [0.1, 0.15) is 12.5 Å². The Morgan fingerprint density at radius 3 is 2.93 bits per heavy atom.